The molecule has 0 atom stereocenters. The lowest BCUT2D eigenvalue weighted by Gasteiger charge is -2.19. The molecule has 25 heavy (non-hydrogen) atoms. The van der Waals surface area contributed by atoms with Gasteiger partial charge in [-0.2, -0.15) is 13.8 Å². The molecular weight excluding hydrogens is 338 g/mol. The summed E-state index contributed by atoms with van der Waals surface area (Å²) in [7, 11) is 0. The Morgan fingerprint density at radius 1 is 1.20 bits per heavy atom. The minimum absolute atomic E-state index is 0.127. The van der Waals surface area contributed by atoms with E-state index in [-0.39, 0.29) is 6.42 Å². The van der Waals surface area contributed by atoms with E-state index >= 15 is 0 Å². The Morgan fingerprint density at radius 2 is 2.08 bits per heavy atom. The molecule has 0 radical (unpaired) electrons. The summed E-state index contributed by atoms with van der Waals surface area (Å²) in [6.45, 7) is 3.59. The van der Waals surface area contributed by atoms with E-state index in [0.717, 1.165) is 55.0 Å². The molecule has 1 N–H and O–H groups in total. The maximum Gasteiger partial charge on any atom is 0.303 e. The Labute approximate surface area is 149 Å². The number of hydrogen-bond acceptors (Lipinski definition) is 6. The van der Waals surface area contributed by atoms with Crippen LogP contribution in [0.3, 0.4) is 0 Å². The Morgan fingerprint density at radius 3 is 2.96 bits per heavy atom. The van der Waals surface area contributed by atoms with Gasteiger partial charge in [-0.25, -0.2) is 0 Å². The minimum Gasteiger partial charge on any atom is -0.481 e. The normalized spacial score (nSPS) is 15.2. The van der Waals surface area contributed by atoms with Gasteiger partial charge in [-0.1, -0.05) is 6.07 Å². The van der Waals surface area contributed by atoms with E-state index in [9.17, 15) is 4.79 Å². The van der Waals surface area contributed by atoms with Crippen molar-refractivity contribution in [2.75, 3.05) is 6.54 Å². The first kappa shape index (κ1) is 16.2. The summed E-state index contributed by atoms with van der Waals surface area (Å²) < 4.78 is 10.6. The van der Waals surface area contributed by atoms with Crippen LogP contribution < -0.4 is 0 Å². The zero-order valence-corrected chi connectivity index (χ0v) is 14.6. The van der Waals surface area contributed by atoms with Crippen molar-refractivity contribution in [2.45, 2.75) is 38.9 Å². The van der Waals surface area contributed by atoms with Crippen LogP contribution in [0.15, 0.2) is 24.3 Å². The fraction of sp³-hybridized carbons (Fsp3) is 0.412. The number of aryl methyl sites for hydroxylation is 2. The monoisotopic (exact) mass is 357 g/mol. The summed E-state index contributed by atoms with van der Waals surface area (Å²) in [6.07, 6.45) is 1.65. The van der Waals surface area contributed by atoms with Crippen molar-refractivity contribution >= 4 is 28.7 Å². The summed E-state index contributed by atoms with van der Waals surface area (Å²) in [5, 5.41) is 13.4. The molecule has 3 aromatic rings. The highest BCUT2D eigenvalue weighted by Crippen LogP contribution is 2.19. The van der Waals surface area contributed by atoms with Crippen molar-refractivity contribution in [3.63, 3.8) is 0 Å². The molecule has 3 heterocycles. The van der Waals surface area contributed by atoms with E-state index < -0.39 is 5.97 Å². The maximum absolute atomic E-state index is 10.7. The number of hydrogen-bond donors (Lipinski definition) is 1. The molecule has 2 aromatic heterocycles. The maximum atomic E-state index is 10.7. The number of aliphatic carboxylic acids is 1. The molecule has 8 heteroatoms. The third-order valence-electron chi connectivity index (χ3n) is 4.46. The highest BCUT2D eigenvalue weighted by atomic mass is 32.1. The summed E-state index contributed by atoms with van der Waals surface area (Å²) in [6, 6.07) is 8.30. The van der Waals surface area contributed by atoms with Crippen LogP contribution in [0.4, 0.5) is 0 Å². The van der Waals surface area contributed by atoms with Gasteiger partial charge in [0.2, 0.25) is 0 Å². The van der Waals surface area contributed by atoms with Crippen LogP contribution in [0, 0.1) is 0 Å². The Hall–Kier alpha value is -2.32. The van der Waals surface area contributed by atoms with Crippen LogP contribution in [-0.4, -0.2) is 41.0 Å². The average Bonchev–Trinajstić information content (AvgIpc) is 3.15. The van der Waals surface area contributed by atoms with E-state index in [2.05, 4.69) is 36.9 Å². The van der Waals surface area contributed by atoms with Gasteiger partial charge in [0.15, 0.2) is 0 Å². The lowest BCUT2D eigenvalue weighted by Crippen LogP contribution is -2.22. The lowest BCUT2D eigenvalue weighted by molar-refractivity contribution is -0.136. The van der Waals surface area contributed by atoms with Gasteiger partial charge in [0.25, 0.3) is 0 Å². The number of nitrogens with zero attached hydrogens (tertiary/aromatic N) is 5. The van der Waals surface area contributed by atoms with Crippen molar-refractivity contribution in [3.05, 3.63) is 41.2 Å². The van der Waals surface area contributed by atoms with E-state index in [0.29, 0.717) is 6.42 Å². The third-order valence-corrected chi connectivity index (χ3v) is 5.02. The third kappa shape index (κ3) is 3.69. The molecule has 0 bridgehead atoms. The first-order chi connectivity index (χ1) is 12.2. The molecule has 0 fully saturated rings. The Balaban J connectivity index is 1.47. The number of carboxylic acids is 1. The van der Waals surface area contributed by atoms with Gasteiger partial charge in [-0.05, 0) is 30.2 Å². The van der Waals surface area contributed by atoms with E-state index in [1.165, 1.54) is 17.3 Å². The van der Waals surface area contributed by atoms with Gasteiger partial charge >= 0.3 is 5.97 Å². The van der Waals surface area contributed by atoms with Gasteiger partial charge < -0.3 is 5.11 Å². The van der Waals surface area contributed by atoms with E-state index in [4.69, 9.17) is 5.11 Å². The van der Waals surface area contributed by atoms with Gasteiger partial charge in [-0.3, -0.25) is 14.4 Å². The zero-order chi connectivity index (χ0) is 17.2. The van der Waals surface area contributed by atoms with Gasteiger partial charge in [0, 0.05) is 32.6 Å². The average molecular weight is 357 g/mol. The highest BCUT2D eigenvalue weighted by Gasteiger charge is 2.17. The van der Waals surface area contributed by atoms with Crippen LogP contribution in [0.5, 0.6) is 0 Å². The van der Waals surface area contributed by atoms with Gasteiger partial charge in [0.05, 0.1) is 29.5 Å². The first-order valence-electron chi connectivity index (χ1n) is 8.38. The molecule has 130 valence electrons. The number of rotatable bonds is 5. The fourth-order valence-corrected chi connectivity index (χ4v) is 3.78. The Kier molecular flexibility index (Phi) is 4.46. The molecule has 0 amide bonds. The molecule has 4 rings (SSSR count). The van der Waals surface area contributed by atoms with E-state index in [1.54, 1.807) is 0 Å². The molecule has 1 aliphatic heterocycles. The molecule has 0 spiro atoms. The number of carbonyl (C=O) groups is 1. The highest BCUT2D eigenvalue weighted by molar-refractivity contribution is 7.00. The molecule has 0 saturated carbocycles. The van der Waals surface area contributed by atoms with Crippen LogP contribution >= 0.6 is 11.7 Å². The summed E-state index contributed by atoms with van der Waals surface area (Å²) in [4.78, 5) is 13.2. The molecular formula is C17H19N5O2S. The van der Waals surface area contributed by atoms with Crippen LogP contribution in [0.1, 0.15) is 29.8 Å². The van der Waals surface area contributed by atoms with Gasteiger partial charge in [0.1, 0.15) is 11.0 Å². The SMILES string of the molecule is O=C(O)CCc1cc2n(n1)CCCN(Cc1ccc3nsnc3c1)C2. The smallest absolute Gasteiger partial charge is 0.303 e. The quantitative estimate of drug-likeness (QED) is 0.754. The van der Waals surface area contributed by atoms with Crippen LogP contribution in [0.2, 0.25) is 0 Å². The molecule has 0 aliphatic carbocycles. The standard InChI is InChI=1S/C17H19N5O2S/c23-17(24)5-3-13-9-14-11-21(6-1-7-22(14)18-13)10-12-2-4-15-16(8-12)20-25-19-15/h2,4,8-9H,1,3,5-7,10-11H2,(H,23,24). The Bertz CT molecular complexity index is 903. The first-order valence-corrected chi connectivity index (χ1v) is 9.11. The van der Waals surface area contributed by atoms with Crippen LogP contribution in [-0.2, 0) is 30.8 Å². The second kappa shape index (κ2) is 6.89. The van der Waals surface area contributed by atoms with Crippen LogP contribution in [0.25, 0.3) is 11.0 Å². The predicted molar refractivity (Wildman–Crippen MR) is 94.3 cm³/mol. The predicted octanol–water partition coefficient (Wildman–Crippen LogP) is 2.31. The largest absolute Gasteiger partial charge is 0.481 e. The molecule has 0 saturated heterocycles. The molecule has 1 aromatic carbocycles. The number of fused-ring (bicyclic) bond motifs is 2. The van der Waals surface area contributed by atoms with Gasteiger partial charge in [-0.15, -0.1) is 0 Å². The number of aromatic nitrogens is 4. The zero-order valence-electron chi connectivity index (χ0n) is 13.8. The summed E-state index contributed by atoms with van der Waals surface area (Å²) in [5.41, 5.74) is 5.17. The topological polar surface area (TPSA) is 84.1 Å². The second-order valence-corrected chi connectivity index (χ2v) is 6.92. The number of benzene rings is 1. The second-order valence-electron chi connectivity index (χ2n) is 6.40. The molecule has 0 unspecified atom stereocenters. The van der Waals surface area contributed by atoms with Crippen molar-refractivity contribution in [1.29, 1.82) is 0 Å². The fourth-order valence-electron chi connectivity index (χ4n) is 3.26. The van der Waals surface area contributed by atoms with Crippen molar-refractivity contribution in [2.24, 2.45) is 0 Å². The summed E-state index contributed by atoms with van der Waals surface area (Å²) >= 11 is 1.24. The summed E-state index contributed by atoms with van der Waals surface area (Å²) in [5.74, 6) is -0.781. The van der Waals surface area contributed by atoms with Crippen molar-refractivity contribution in [1.82, 2.24) is 23.4 Å². The minimum atomic E-state index is -0.781. The van der Waals surface area contributed by atoms with E-state index in [1.807, 2.05) is 10.7 Å². The van der Waals surface area contributed by atoms with Crippen molar-refractivity contribution < 1.29 is 9.90 Å². The van der Waals surface area contributed by atoms with Crippen molar-refractivity contribution in [3.8, 4) is 0 Å². The number of carboxylic acid groups (broad SMARTS) is 1. The molecule has 1 aliphatic rings. The molecule has 7 nitrogen and oxygen atoms in total. The lowest BCUT2D eigenvalue weighted by atomic mass is 10.1.